The van der Waals surface area contributed by atoms with E-state index in [1.54, 1.807) is 17.0 Å². The zero-order valence-electron chi connectivity index (χ0n) is 14.8. The molecule has 0 aliphatic heterocycles. The fraction of sp³-hybridized carbons (Fsp3) is 0.250. The number of hydrogen-bond donors (Lipinski definition) is 0. The Hall–Kier alpha value is -2.38. The third kappa shape index (κ3) is 4.72. The molecule has 1 aliphatic rings. The maximum Gasteiger partial charge on any atom is 0.261 e. The van der Waals surface area contributed by atoms with Crippen LogP contribution in [0.15, 0.2) is 57.4 Å². The molecule has 3 aromatic rings. The number of benzene rings is 2. The molecule has 0 bridgehead atoms. The van der Waals surface area contributed by atoms with Crippen molar-refractivity contribution < 1.29 is 13.9 Å². The van der Waals surface area contributed by atoms with Gasteiger partial charge in [0.05, 0.1) is 6.54 Å². The van der Waals surface area contributed by atoms with E-state index in [1.165, 1.54) is 0 Å². The molecule has 0 N–H and O–H groups in total. The molecule has 0 spiro atoms. The maximum absolute atomic E-state index is 12.7. The van der Waals surface area contributed by atoms with Crippen LogP contribution in [0.4, 0.5) is 0 Å². The van der Waals surface area contributed by atoms with Crippen molar-refractivity contribution in [2.45, 2.75) is 25.4 Å². The lowest BCUT2D eigenvalue weighted by Gasteiger charge is -2.20. The highest BCUT2D eigenvalue weighted by atomic mass is 79.9. The van der Waals surface area contributed by atoms with E-state index in [-0.39, 0.29) is 25.1 Å². The quantitative estimate of drug-likeness (QED) is 0.508. The lowest BCUT2D eigenvalue weighted by molar-refractivity contribution is -0.134. The van der Waals surface area contributed by atoms with Gasteiger partial charge in [0.15, 0.2) is 6.61 Å². The highest BCUT2D eigenvalue weighted by molar-refractivity contribution is 9.10. The topological polar surface area (TPSA) is 68.5 Å². The molecule has 0 radical (unpaired) electrons. The minimum atomic E-state index is -0.100. The third-order valence-electron chi connectivity index (χ3n) is 4.35. The molecular formula is C20H17BrClN3O3. The Morgan fingerprint density at radius 3 is 2.54 bits per heavy atom. The average Bonchev–Trinajstić information content (AvgIpc) is 3.44. The molecular weight excluding hydrogens is 446 g/mol. The number of amides is 1. The first kappa shape index (κ1) is 19.0. The smallest absolute Gasteiger partial charge is 0.261 e. The van der Waals surface area contributed by atoms with Gasteiger partial charge < -0.3 is 14.1 Å². The number of rotatable bonds is 7. The Labute approximate surface area is 175 Å². The highest BCUT2D eigenvalue weighted by Crippen LogP contribution is 2.29. The molecule has 4 rings (SSSR count). The lowest BCUT2D eigenvalue weighted by atomic mass is 10.2. The number of carbonyl (C=O) groups is 1. The van der Waals surface area contributed by atoms with E-state index < -0.39 is 0 Å². The van der Waals surface area contributed by atoms with Gasteiger partial charge in [0.2, 0.25) is 11.8 Å². The zero-order chi connectivity index (χ0) is 19.5. The van der Waals surface area contributed by atoms with Crippen molar-refractivity contribution in [2.24, 2.45) is 0 Å². The molecule has 1 fully saturated rings. The molecule has 28 heavy (non-hydrogen) atoms. The minimum absolute atomic E-state index is 0.0314. The van der Waals surface area contributed by atoms with Crippen LogP contribution in [-0.4, -0.2) is 33.7 Å². The van der Waals surface area contributed by atoms with E-state index in [9.17, 15) is 4.79 Å². The van der Waals surface area contributed by atoms with Crippen molar-refractivity contribution in [2.75, 3.05) is 6.61 Å². The Kier molecular flexibility index (Phi) is 5.64. The standard InChI is InChI=1S/C20H17BrClN3O3/c21-14-3-9-17(10-4-14)27-12-19(26)25(16-7-8-16)11-18-23-24-20(28-18)13-1-5-15(22)6-2-13/h1-6,9-10,16H,7-8,11-12H2. The summed E-state index contributed by atoms with van der Waals surface area (Å²) in [4.78, 5) is 14.4. The summed E-state index contributed by atoms with van der Waals surface area (Å²) >= 11 is 9.28. The Bertz CT molecular complexity index is 956. The largest absolute Gasteiger partial charge is 0.484 e. The normalized spacial score (nSPS) is 13.4. The van der Waals surface area contributed by atoms with E-state index in [0.717, 1.165) is 22.9 Å². The molecule has 0 saturated heterocycles. The number of halogens is 2. The van der Waals surface area contributed by atoms with E-state index in [1.807, 2.05) is 36.4 Å². The van der Waals surface area contributed by atoms with Crippen molar-refractivity contribution in [1.29, 1.82) is 0 Å². The van der Waals surface area contributed by atoms with Crippen LogP contribution in [0, 0.1) is 0 Å². The van der Waals surface area contributed by atoms with Crippen LogP contribution in [0.25, 0.3) is 11.5 Å². The van der Waals surface area contributed by atoms with E-state index >= 15 is 0 Å². The summed E-state index contributed by atoms with van der Waals surface area (Å²) in [6.07, 6.45) is 1.95. The molecule has 1 amide bonds. The van der Waals surface area contributed by atoms with Gasteiger partial charge >= 0.3 is 0 Å². The summed E-state index contributed by atoms with van der Waals surface area (Å²) in [5.74, 6) is 1.35. The van der Waals surface area contributed by atoms with Crippen molar-refractivity contribution in [3.05, 3.63) is 63.9 Å². The van der Waals surface area contributed by atoms with Gasteiger partial charge in [0, 0.05) is 21.1 Å². The van der Waals surface area contributed by atoms with Gasteiger partial charge in [-0.3, -0.25) is 4.79 Å². The number of carbonyl (C=O) groups excluding carboxylic acids is 1. The van der Waals surface area contributed by atoms with Gasteiger partial charge in [-0.15, -0.1) is 10.2 Å². The molecule has 144 valence electrons. The zero-order valence-corrected chi connectivity index (χ0v) is 17.2. The Morgan fingerprint density at radius 1 is 1.14 bits per heavy atom. The van der Waals surface area contributed by atoms with Gasteiger partial charge in [0.25, 0.3) is 5.91 Å². The molecule has 1 saturated carbocycles. The van der Waals surface area contributed by atoms with Crippen molar-refractivity contribution in [3.63, 3.8) is 0 Å². The van der Waals surface area contributed by atoms with Crippen LogP contribution in [0.5, 0.6) is 5.75 Å². The van der Waals surface area contributed by atoms with Crippen LogP contribution >= 0.6 is 27.5 Å². The van der Waals surface area contributed by atoms with Gasteiger partial charge in [-0.1, -0.05) is 27.5 Å². The van der Waals surface area contributed by atoms with Gasteiger partial charge in [-0.05, 0) is 61.4 Å². The van der Waals surface area contributed by atoms with Crippen molar-refractivity contribution in [3.8, 4) is 17.2 Å². The van der Waals surface area contributed by atoms with E-state index in [0.29, 0.717) is 22.6 Å². The van der Waals surface area contributed by atoms with Crippen LogP contribution in [-0.2, 0) is 11.3 Å². The lowest BCUT2D eigenvalue weighted by Crippen LogP contribution is -2.36. The van der Waals surface area contributed by atoms with Crippen LogP contribution in [0.3, 0.4) is 0 Å². The SMILES string of the molecule is O=C(COc1ccc(Br)cc1)N(Cc1nnc(-c2ccc(Cl)cc2)o1)C1CC1. The predicted molar refractivity (Wildman–Crippen MR) is 108 cm³/mol. The molecule has 0 unspecified atom stereocenters. The first-order chi connectivity index (χ1) is 13.6. The van der Waals surface area contributed by atoms with Crippen LogP contribution in [0.1, 0.15) is 18.7 Å². The van der Waals surface area contributed by atoms with Crippen molar-refractivity contribution in [1.82, 2.24) is 15.1 Å². The second-order valence-corrected chi connectivity index (χ2v) is 7.86. The molecule has 8 heteroatoms. The third-order valence-corrected chi connectivity index (χ3v) is 5.13. The predicted octanol–water partition coefficient (Wildman–Crippen LogP) is 4.72. The summed E-state index contributed by atoms with van der Waals surface area (Å²) in [5.41, 5.74) is 0.783. The molecule has 1 heterocycles. The van der Waals surface area contributed by atoms with Gasteiger partial charge in [0.1, 0.15) is 5.75 Å². The van der Waals surface area contributed by atoms with Crippen molar-refractivity contribution >= 4 is 33.4 Å². The summed E-state index contributed by atoms with van der Waals surface area (Å²) in [7, 11) is 0. The number of hydrogen-bond acceptors (Lipinski definition) is 5. The van der Waals surface area contributed by atoms with Gasteiger partial charge in [-0.25, -0.2) is 0 Å². The minimum Gasteiger partial charge on any atom is -0.484 e. The molecule has 1 aromatic heterocycles. The van der Waals surface area contributed by atoms with Gasteiger partial charge in [-0.2, -0.15) is 0 Å². The Balaban J connectivity index is 1.40. The summed E-state index contributed by atoms with van der Waals surface area (Å²) < 4.78 is 12.3. The summed E-state index contributed by atoms with van der Waals surface area (Å²) in [6, 6.07) is 14.7. The maximum atomic E-state index is 12.7. The second-order valence-electron chi connectivity index (χ2n) is 6.50. The first-order valence-electron chi connectivity index (χ1n) is 8.84. The molecule has 6 nitrogen and oxygen atoms in total. The number of aromatic nitrogens is 2. The fourth-order valence-corrected chi connectivity index (χ4v) is 3.13. The van der Waals surface area contributed by atoms with E-state index in [4.69, 9.17) is 20.8 Å². The number of nitrogens with zero attached hydrogens (tertiary/aromatic N) is 3. The molecule has 1 aliphatic carbocycles. The monoisotopic (exact) mass is 461 g/mol. The summed E-state index contributed by atoms with van der Waals surface area (Å²) in [5, 5.41) is 8.80. The number of ether oxygens (including phenoxy) is 1. The molecule has 2 aromatic carbocycles. The first-order valence-corrected chi connectivity index (χ1v) is 10.0. The Morgan fingerprint density at radius 2 is 1.86 bits per heavy atom. The summed E-state index contributed by atoms with van der Waals surface area (Å²) in [6.45, 7) is 0.240. The van der Waals surface area contributed by atoms with Crippen LogP contribution in [0.2, 0.25) is 5.02 Å². The van der Waals surface area contributed by atoms with E-state index in [2.05, 4.69) is 26.1 Å². The second kappa shape index (κ2) is 8.32. The highest BCUT2D eigenvalue weighted by Gasteiger charge is 2.34. The average molecular weight is 463 g/mol. The fourth-order valence-electron chi connectivity index (χ4n) is 2.74. The molecule has 0 atom stereocenters. The van der Waals surface area contributed by atoms with Crippen LogP contribution < -0.4 is 4.74 Å².